The molecule has 1 N–H and O–H groups in total. The molecule has 0 aromatic carbocycles. The van der Waals surface area contributed by atoms with Gasteiger partial charge in [0.2, 0.25) is 0 Å². The smallest absolute Gasteiger partial charge is 0.131 e. The number of nitrogens with zero attached hydrogens (tertiary/aromatic N) is 3. The van der Waals surface area contributed by atoms with Crippen molar-refractivity contribution < 1.29 is 0 Å². The van der Waals surface area contributed by atoms with Crippen molar-refractivity contribution in [2.75, 3.05) is 13.1 Å². The molecule has 0 bridgehead atoms. The first-order valence-corrected chi connectivity index (χ1v) is 8.53. The Labute approximate surface area is 128 Å². The summed E-state index contributed by atoms with van der Waals surface area (Å²) in [5.41, 5.74) is 1.26. The van der Waals surface area contributed by atoms with Crippen molar-refractivity contribution in [2.24, 2.45) is 0 Å². The maximum Gasteiger partial charge on any atom is 0.131 e. The second-order valence-corrected chi connectivity index (χ2v) is 6.60. The minimum Gasteiger partial charge on any atom is -0.311 e. The van der Waals surface area contributed by atoms with E-state index in [1.165, 1.54) is 31.2 Å². The van der Waals surface area contributed by atoms with E-state index in [4.69, 9.17) is 0 Å². The van der Waals surface area contributed by atoms with Gasteiger partial charge in [0.15, 0.2) is 0 Å². The molecular weight excluding hydrogens is 260 g/mol. The van der Waals surface area contributed by atoms with Gasteiger partial charge in [0.1, 0.15) is 5.82 Å². The standard InChI is InChI=1S/C17H28N4/c1-4-15-11-21(16(5-2)10-18-15)12(3)14-8-19-17(20-9-14)13-6-7-13/h8-9,12-13,15-16,18H,4-7,10-11H2,1-3H3/t12?,15-,16+/m0/s1. The predicted molar refractivity (Wildman–Crippen MR) is 85.3 cm³/mol. The molecule has 4 nitrogen and oxygen atoms in total. The van der Waals surface area contributed by atoms with E-state index in [2.05, 4.69) is 53.3 Å². The Morgan fingerprint density at radius 1 is 1.24 bits per heavy atom. The van der Waals surface area contributed by atoms with E-state index in [1.54, 1.807) is 0 Å². The van der Waals surface area contributed by atoms with Crippen molar-refractivity contribution in [3.63, 3.8) is 0 Å². The SMILES string of the molecule is CC[C@H]1CN(C(C)c2cnc(C3CC3)nc2)[C@H](CC)CN1. The van der Waals surface area contributed by atoms with Crippen molar-refractivity contribution in [2.45, 2.75) is 70.5 Å². The lowest BCUT2D eigenvalue weighted by molar-refractivity contribution is 0.0847. The molecule has 0 radical (unpaired) electrons. The van der Waals surface area contributed by atoms with Gasteiger partial charge in [-0.05, 0) is 32.6 Å². The van der Waals surface area contributed by atoms with E-state index in [0.717, 1.165) is 18.9 Å². The zero-order valence-corrected chi connectivity index (χ0v) is 13.5. The second kappa shape index (κ2) is 6.41. The van der Waals surface area contributed by atoms with Gasteiger partial charge in [-0.1, -0.05) is 13.8 Å². The second-order valence-electron chi connectivity index (χ2n) is 6.60. The number of rotatable bonds is 5. The molecule has 2 heterocycles. The van der Waals surface area contributed by atoms with E-state index < -0.39 is 0 Å². The Hall–Kier alpha value is -1.00. The minimum absolute atomic E-state index is 0.402. The molecule has 1 aromatic rings. The molecule has 4 heteroatoms. The van der Waals surface area contributed by atoms with Gasteiger partial charge in [0.05, 0.1) is 0 Å². The van der Waals surface area contributed by atoms with E-state index in [1.807, 2.05) is 0 Å². The number of nitrogens with one attached hydrogen (secondary N) is 1. The summed E-state index contributed by atoms with van der Waals surface area (Å²) in [7, 11) is 0. The average molecular weight is 288 g/mol. The van der Waals surface area contributed by atoms with Gasteiger partial charge in [0.25, 0.3) is 0 Å². The first kappa shape index (κ1) is 14.9. The quantitative estimate of drug-likeness (QED) is 0.904. The summed E-state index contributed by atoms with van der Waals surface area (Å²) in [5.74, 6) is 1.69. The maximum absolute atomic E-state index is 4.59. The third kappa shape index (κ3) is 3.27. The van der Waals surface area contributed by atoms with Gasteiger partial charge in [-0.3, -0.25) is 4.90 Å². The topological polar surface area (TPSA) is 41.1 Å². The van der Waals surface area contributed by atoms with E-state index in [9.17, 15) is 0 Å². The van der Waals surface area contributed by atoms with Crippen molar-refractivity contribution in [3.05, 3.63) is 23.8 Å². The van der Waals surface area contributed by atoms with Crippen LogP contribution in [0.3, 0.4) is 0 Å². The molecule has 3 atom stereocenters. The largest absolute Gasteiger partial charge is 0.311 e. The molecule has 1 saturated heterocycles. The van der Waals surface area contributed by atoms with E-state index in [0.29, 0.717) is 24.0 Å². The molecule has 116 valence electrons. The van der Waals surface area contributed by atoms with Crippen LogP contribution in [0.25, 0.3) is 0 Å². The van der Waals surface area contributed by atoms with Crippen molar-refractivity contribution in [1.29, 1.82) is 0 Å². The third-order valence-corrected chi connectivity index (χ3v) is 5.12. The normalized spacial score (nSPS) is 28.5. The summed E-state index contributed by atoms with van der Waals surface area (Å²) in [5, 5.41) is 3.67. The Morgan fingerprint density at radius 2 is 1.95 bits per heavy atom. The van der Waals surface area contributed by atoms with Crippen LogP contribution in [0.2, 0.25) is 0 Å². The summed E-state index contributed by atoms with van der Waals surface area (Å²) in [4.78, 5) is 11.8. The van der Waals surface area contributed by atoms with Gasteiger partial charge in [0, 0.05) is 55.1 Å². The molecule has 1 aliphatic carbocycles. The molecule has 1 saturated carbocycles. The van der Waals surface area contributed by atoms with Crippen LogP contribution in [0.5, 0.6) is 0 Å². The summed E-state index contributed by atoms with van der Waals surface area (Å²) in [6.07, 6.45) is 9.03. The fraction of sp³-hybridized carbons (Fsp3) is 0.765. The van der Waals surface area contributed by atoms with Crippen LogP contribution in [-0.4, -0.2) is 40.0 Å². The van der Waals surface area contributed by atoms with Gasteiger partial charge in [-0.15, -0.1) is 0 Å². The highest BCUT2D eigenvalue weighted by atomic mass is 15.3. The zero-order chi connectivity index (χ0) is 14.8. The summed E-state index contributed by atoms with van der Waals surface area (Å²) < 4.78 is 0. The molecule has 21 heavy (non-hydrogen) atoms. The van der Waals surface area contributed by atoms with Crippen molar-refractivity contribution in [1.82, 2.24) is 20.2 Å². The fourth-order valence-electron chi connectivity index (χ4n) is 3.32. The zero-order valence-electron chi connectivity index (χ0n) is 13.5. The average Bonchev–Trinajstić information content (AvgIpc) is 3.38. The summed E-state index contributed by atoms with van der Waals surface area (Å²) in [6, 6.07) is 1.63. The van der Waals surface area contributed by atoms with Crippen LogP contribution in [0.4, 0.5) is 0 Å². The highest BCUT2D eigenvalue weighted by Crippen LogP contribution is 2.38. The van der Waals surface area contributed by atoms with Gasteiger partial charge >= 0.3 is 0 Å². The lowest BCUT2D eigenvalue weighted by Gasteiger charge is -2.43. The number of hydrogen-bond acceptors (Lipinski definition) is 4. The van der Waals surface area contributed by atoms with E-state index >= 15 is 0 Å². The third-order valence-electron chi connectivity index (χ3n) is 5.12. The van der Waals surface area contributed by atoms with Gasteiger partial charge in [-0.2, -0.15) is 0 Å². The Balaban J connectivity index is 1.72. The summed E-state index contributed by atoms with van der Waals surface area (Å²) in [6.45, 7) is 9.07. The Bertz CT molecular complexity index is 454. The van der Waals surface area contributed by atoms with E-state index in [-0.39, 0.29) is 0 Å². The first-order chi connectivity index (χ1) is 10.2. The molecule has 1 aromatic heterocycles. The van der Waals surface area contributed by atoms with Gasteiger partial charge in [-0.25, -0.2) is 9.97 Å². The van der Waals surface area contributed by atoms with Crippen LogP contribution < -0.4 is 5.32 Å². The summed E-state index contributed by atoms with van der Waals surface area (Å²) >= 11 is 0. The molecule has 2 aliphatic rings. The molecule has 3 rings (SSSR count). The first-order valence-electron chi connectivity index (χ1n) is 8.53. The van der Waals surface area contributed by atoms with Crippen LogP contribution in [0.1, 0.15) is 69.8 Å². The highest BCUT2D eigenvalue weighted by molar-refractivity contribution is 5.14. The predicted octanol–water partition coefficient (Wildman–Crippen LogP) is 2.88. The van der Waals surface area contributed by atoms with Crippen LogP contribution >= 0.6 is 0 Å². The fourth-order valence-corrected chi connectivity index (χ4v) is 3.32. The highest BCUT2D eigenvalue weighted by Gasteiger charge is 2.31. The van der Waals surface area contributed by atoms with Crippen LogP contribution in [0.15, 0.2) is 12.4 Å². The lowest BCUT2D eigenvalue weighted by Crippen LogP contribution is -2.56. The van der Waals surface area contributed by atoms with Gasteiger partial charge < -0.3 is 5.32 Å². The molecular formula is C17H28N4. The molecule has 2 fully saturated rings. The maximum atomic E-state index is 4.59. The monoisotopic (exact) mass is 288 g/mol. The van der Waals surface area contributed by atoms with Crippen LogP contribution in [-0.2, 0) is 0 Å². The van der Waals surface area contributed by atoms with Crippen molar-refractivity contribution >= 4 is 0 Å². The molecule has 0 spiro atoms. The number of hydrogen-bond donors (Lipinski definition) is 1. The molecule has 1 unspecified atom stereocenters. The Morgan fingerprint density at radius 3 is 2.52 bits per heavy atom. The Kier molecular flexibility index (Phi) is 4.55. The minimum atomic E-state index is 0.402. The molecule has 1 aliphatic heterocycles. The lowest BCUT2D eigenvalue weighted by atomic mass is 10.0. The van der Waals surface area contributed by atoms with Crippen LogP contribution in [0, 0.1) is 0 Å². The number of piperazine rings is 1. The molecule has 0 amide bonds. The van der Waals surface area contributed by atoms with Crippen molar-refractivity contribution in [3.8, 4) is 0 Å². The number of aromatic nitrogens is 2.